The predicted molar refractivity (Wildman–Crippen MR) is 97.6 cm³/mol. The van der Waals surface area contributed by atoms with E-state index in [9.17, 15) is 4.79 Å². The molecule has 2 rings (SSSR count). The van der Waals surface area contributed by atoms with Gasteiger partial charge in [-0.25, -0.2) is 0 Å². The number of esters is 1. The highest BCUT2D eigenvalue weighted by atomic mass is 35.5. The van der Waals surface area contributed by atoms with Crippen molar-refractivity contribution in [3.8, 4) is 0 Å². The van der Waals surface area contributed by atoms with Crippen LogP contribution in [0.3, 0.4) is 0 Å². The standard InChI is InChI=1S/C18H26ClN3O2/c1-3-24-16(23)8-5-11-21-17(20-2)22-13-18(9-10-18)14-6-4-7-15(19)12-14/h4,6-7,12H,3,5,8-11,13H2,1-2H3,(H2,20,21,22). The molecule has 1 aromatic carbocycles. The Bertz CT molecular complexity index is 585. The van der Waals surface area contributed by atoms with E-state index in [1.165, 1.54) is 5.56 Å². The van der Waals surface area contributed by atoms with E-state index < -0.39 is 0 Å². The van der Waals surface area contributed by atoms with Crippen LogP contribution in [-0.2, 0) is 14.9 Å². The number of benzene rings is 1. The predicted octanol–water partition coefficient (Wildman–Crippen LogP) is 2.88. The van der Waals surface area contributed by atoms with Crippen LogP contribution in [0.5, 0.6) is 0 Å². The Kier molecular flexibility index (Phi) is 6.91. The minimum Gasteiger partial charge on any atom is -0.466 e. The first-order chi connectivity index (χ1) is 11.6. The number of ether oxygens (including phenoxy) is 1. The lowest BCUT2D eigenvalue weighted by atomic mass is 9.96. The Hall–Kier alpha value is -1.75. The summed E-state index contributed by atoms with van der Waals surface area (Å²) in [4.78, 5) is 15.5. The molecule has 1 aromatic rings. The molecule has 1 aliphatic rings. The van der Waals surface area contributed by atoms with Gasteiger partial charge in [0.05, 0.1) is 6.61 Å². The highest BCUT2D eigenvalue weighted by Gasteiger charge is 2.44. The second kappa shape index (κ2) is 8.92. The van der Waals surface area contributed by atoms with Crippen molar-refractivity contribution in [1.82, 2.24) is 10.6 Å². The molecule has 0 aromatic heterocycles. The summed E-state index contributed by atoms with van der Waals surface area (Å²) in [5, 5.41) is 7.40. The average Bonchev–Trinajstić information content (AvgIpc) is 3.36. The molecule has 0 radical (unpaired) electrons. The summed E-state index contributed by atoms with van der Waals surface area (Å²) in [5.74, 6) is 0.604. The third kappa shape index (κ3) is 5.41. The van der Waals surface area contributed by atoms with Gasteiger partial charge in [-0.3, -0.25) is 9.79 Å². The fourth-order valence-corrected chi connectivity index (χ4v) is 2.87. The second-order valence-electron chi connectivity index (χ2n) is 6.05. The molecule has 5 nitrogen and oxygen atoms in total. The van der Waals surface area contributed by atoms with Gasteiger partial charge in [-0.15, -0.1) is 0 Å². The number of hydrogen-bond donors (Lipinski definition) is 2. The van der Waals surface area contributed by atoms with Crippen molar-refractivity contribution in [2.75, 3.05) is 26.7 Å². The lowest BCUT2D eigenvalue weighted by molar-refractivity contribution is -0.143. The molecular formula is C18H26ClN3O2. The monoisotopic (exact) mass is 351 g/mol. The van der Waals surface area contributed by atoms with Crippen molar-refractivity contribution in [2.45, 2.75) is 38.0 Å². The van der Waals surface area contributed by atoms with E-state index in [0.717, 1.165) is 36.8 Å². The maximum atomic E-state index is 11.3. The smallest absolute Gasteiger partial charge is 0.305 e. The Morgan fingerprint density at radius 3 is 2.79 bits per heavy atom. The van der Waals surface area contributed by atoms with E-state index in [0.29, 0.717) is 19.6 Å². The van der Waals surface area contributed by atoms with Crippen LogP contribution in [0.4, 0.5) is 0 Å². The van der Waals surface area contributed by atoms with Crippen molar-refractivity contribution < 1.29 is 9.53 Å². The molecule has 0 aliphatic heterocycles. The SMILES string of the molecule is CCOC(=O)CCCNC(=NC)NCC1(c2cccc(Cl)c2)CC1. The fourth-order valence-electron chi connectivity index (χ4n) is 2.68. The molecule has 6 heteroatoms. The van der Waals surface area contributed by atoms with Gasteiger partial charge >= 0.3 is 5.97 Å². The van der Waals surface area contributed by atoms with Crippen LogP contribution in [0.2, 0.25) is 5.02 Å². The van der Waals surface area contributed by atoms with Crippen LogP contribution in [0.1, 0.15) is 38.2 Å². The Morgan fingerprint density at radius 1 is 1.38 bits per heavy atom. The minimum absolute atomic E-state index is 0.153. The van der Waals surface area contributed by atoms with Crippen molar-refractivity contribution in [2.24, 2.45) is 4.99 Å². The van der Waals surface area contributed by atoms with E-state index >= 15 is 0 Å². The van der Waals surface area contributed by atoms with Crippen molar-refractivity contribution in [3.63, 3.8) is 0 Å². The quantitative estimate of drug-likeness (QED) is 0.327. The lowest BCUT2D eigenvalue weighted by Gasteiger charge is -2.19. The number of guanidine groups is 1. The number of halogens is 1. The normalized spacial score (nSPS) is 15.7. The third-order valence-electron chi connectivity index (χ3n) is 4.26. The molecule has 0 unspecified atom stereocenters. The molecule has 0 amide bonds. The lowest BCUT2D eigenvalue weighted by Crippen LogP contribution is -2.41. The molecule has 1 saturated carbocycles. The number of carbonyl (C=O) groups is 1. The van der Waals surface area contributed by atoms with Crippen LogP contribution in [0, 0.1) is 0 Å². The summed E-state index contributed by atoms with van der Waals surface area (Å²) in [7, 11) is 1.75. The summed E-state index contributed by atoms with van der Waals surface area (Å²) < 4.78 is 4.91. The first-order valence-electron chi connectivity index (χ1n) is 8.46. The molecule has 132 valence electrons. The van der Waals surface area contributed by atoms with Crippen LogP contribution >= 0.6 is 11.6 Å². The number of nitrogens with one attached hydrogen (secondary N) is 2. The Labute approximate surface area is 148 Å². The third-order valence-corrected chi connectivity index (χ3v) is 4.50. The number of rotatable bonds is 8. The van der Waals surface area contributed by atoms with E-state index in [1.807, 2.05) is 25.1 Å². The molecule has 1 fully saturated rings. The average molecular weight is 352 g/mol. The summed E-state index contributed by atoms with van der Waals surface area (Å²) in [6.45, 7) is 3.75. The summed E-state index contributed by atoms with van der Waals surface area (Å²) >= 11 is 6.11. The van der Waals surface area contributed by atoms with Gasteiger partial charge in [0.25, 0.3) is 0 Å². The summed E-state index contributed by atoms with van der Waals surface area (Å²) in [6, 6.07) is 8.08. The minimum atomic E-state index is -0.153. The van der Waals surface area contributed by atoms with Gasteiger partial charge in [-0.05, 0) is 43.9 Å². The highest BCUT2D eigenvalue weighted by molar-refractivity contribution is 6.30. The van der Waals surface area contributed by atoms with Crippen molar-refractivity contribution >= 4 is 23.5 Å². The summed E-state index contributed by atoms with van der Waals surface area (Å²) in [5.41, 5.74) is 1.44. The van der Waals surface area contributed by atoms with Gasteiger partial charge in [0, 0.05) is 37.0 Å². The van der Waals surface area contributed by atoms with Crippen LogP contribution < -0.4 is 10.6 Å². The van der Waals surface area contributed by atoms with E-state index in [2.05, 4.69) is 21.7 Å². The van der Waals surface area contributed by atoms with Crippen molar-refractivity contribution in [3.05, 3.63) is 34.9 Å². The number of carbonyl (C=O) groups excluding carboxylic acids is 1. The molecule has 1 aliphatic carbocycles. The number of aliphatic imine (C=N–C) groups is 1. The van der Waals surface area contributed by atoms with Gasteiger partial charge in [-0.1, -0.05) is 23.7 Å². The topological polar surface area (TPSA) is 62.7 Å². The van der Waals surface area contributed by atoms with Crippen LogP contribution in [-0.4, -0.2) is 38.7 Å². The van der Waals surface area contributed by atoms with Gasteiger partial charge < -0.3 is 15.4 Å². The molecule has 0 saturated heterocycles. The van der Waals surface area contributed by atoms with Gasteiger partial charge in [0.1, 0.15) is 0 Å². The van der Waals surface area contributed by atoms with E-state index in [-0.39, 0.29) is 11.4 Å². The van der Waals surface area contributed by atoms with Crippen LogP contribution in [0.25, 0.3) is 0 Å². The van der Waals surface area contributed by atoms with Crippen molar-refractivity contribution in [1.29, 1.82) is 0 Å². The van der Waals surface area contributed by atoms with E-state index in [4.69, 9.17) is 16.3 Å². The molecular weight excluding hydrogens is 326 g/mol. The van der Waals surface area contributed by atoms with Gasteiger partial charge in [-0.2, -0.15) is 0 Å². The zero-order valence-corrected chi connectivity index (χ0v) is 15.2. The van der Waals surface area contributed by atoms with Crippen LogP contribution in [0.15, 0.2) is 29.3 Å². The van der Waals surface area contributed by atoms with E-state index in [1.54, 1.807) is 7.05 Å². The van der Waals surface area contributed by atoms with Gasteiger partial charge in [0.2, 0.25) is 0 Å². The fraction of sp³-hybridized carbons (Fsp3) is 0.556. The first kappa shape index (κ1) is 18.6. The maximum Gasteiger partial charge on any atom is 0.305 e. The highest BCUT2D eigenvalue weighted by Crippen LogP contribution is 2.48. The summed E-state index contributed by atoms with van der Waals surface area (Å²) in [6.07, 6.45) is 3.45. The largest absolute Gasteiger partial charge is 0.466 e. The second-order valence-corrected chi connectivity index (χ2v) is 6.49. The first-order valence-corrected chi connectivity index (χ1v) is 8.83. The molecule has 0 heterocycles. The maximum absolute atomic E-state index is 11.3. The molecule has 0 spiro atoms. The molecule has 0 atom stereocenters. The zero-order valence-electron chi connectivity index (χ0n) is 14.4. The molecule has 2 N–H and O–H groups in total. The van der Waals surface area contributed by atoms with Gasteiger partial charge in [0.15, 0.2) is 5.96 Å². The number of hydrogen-bond acceptors (Lipinski definition) is 3. The molecule has 0 bridgehead atoms. The Morgan fingerprint density at radius 2 is 2.17 bits per heavy atom. The molecule has 24 heavy (non-hydrogen) atoms. The zero-order chi connectivity index (χ0) is 17.4. The Balaban J connectivity index is 1.75. The number of nitrogens with zero attached hydrogens (tertiary/aromatic N) is 1.